The average Bonchev–Trinajstić information content (AvgIpc) is 3.10. The van der Waals surface area contributed by atoms with Gasteiger partial charge >= 0.3 is 6.18 Å². The van der Waals surface area contributed by atoms with Gasteiger partial charge in [-0.15, -0.1) is 10.2 Å². The number of aryl methyl sites for hydroxylation is 3. The van der Waals surface area contributed by atoms with E-state index in [1.54, 1.807) is 24.9 Å². The molecule has 23 heavy (non-hydrogen) atoms. The van der Waals surface area contributed by atoms with E-state index in [9.17, 15) is 13.2 Å². The highest BCUT2D eigenvalue weighted by atomic mass is 19.4. The van der Waals surface area contributed by atoms with Crippen LogP contribution in [0.25, 0.3) is 11.5 Å². The molecule has 0 spiro atoms. The SMILES string of the molecule is Cc1nn(C)cc1-c1nnc(Cn2nc(C(F)(F)F)cc2C)o1. The Morgan fingerprint density at radius 2 is 1.91 bits per heavy atom. The Balaban J connectivity index is 1.85. The van der Waals surface area contributed by atoms with Crippen molar-refractivity contribution < 1.29 is 17.6 Å². The Morgan fingerprint density at radius 1 is 1.17 bits per heavy atom. The van der Waals surface area contributed by atoms with Crippen LogP contribution in [0.4, 0.5) is 13.2 Å². The van der Waals surface area contributed by atoms with Gasteiger partial charge in [0.2, 0.25) is 5.89 Å². The Bertz CT molecular complexity index is 844. The third-order valence-electron chi connectivity index (χ3n) is 3.27. The fraction of sp³-hybridized carbons (Fsp3) is 0.385. The molecule has 0 saturated heterocycles. The summed E-state index contributed by atoms with van der Waals surface area (Å²) in [5, 5.41) is 15.5. The molecule has 0 aromatic carbocycles. The van der Waals surface area contributed by atoms with E-state index >= 15 is 0 Å². The molecule has 0 aliphatic heterocycles. The summed E-state index contributed by atoms with van der Waals surface area (Å²) in [4.78, 5) is 0. The monoisotopic (exact) mass is 326 g/mol. The maximum Gasteiger partial charge on any atom is 0.435 e. The fourth-order valence-corrected chi connectivity index (χ4v) is 2.17. The number of nitrogens with zero attached hydrogens (tertiary/aromatic N) is 6. The van der Waals surface area contributed by atoms with Crippen LogP contribution in [-0.2, 0) is 19.8 Å². The van der Waals surface area contributed by atoms with Crippen molar-refractivity contribution >= 4 is 0 Å². The van der Waals surface area contributed by atoms with Crippen LogP contribution in [0.3, 0.4) is 0 Å². The number of alkyl halides is 3. The average molecular weight is 326 g/mol. The second-order valence-electron chi connectivity index (χ2n) is 5.13. The molecule has 122 valence electrons. The zero-order chi connectivity index (χ0) is 16.8. The van der Waals surface area contributed by atoms with E-state index in [1.165, 1.54) is 11.6 Å². The third-order valence-corrected chi connectivity index (χ3v) is 3.27. The largest absolute Gasteiger partial charge is 0.435 e. The predicted octanol–water partition coefficient (Wildman–Crippen LogP) is 2.35. The summed E-state index contributed by atoms with van der Waals surface area (Å²) >= 11 is 0. The molecular formula is C13H13F3N6O. The van der Waals surface area contributed by atoms with E-state index in [2.05, 4.69) is 20.4 Å². The van der Waals surface area contributed by atoms with Crippen molar-refractivity contribution in [1.29, 1.82) is 0 Å². The van der Waals surface area contributed by atoms with E-state index in [1.807, 2.05) is 0 Å². The van der Waals surface area contributed by atoms with Crippen LogP contribution < -0.4 is 0 Å². The number of halogens is 3. The molecule has 0 N–H and O–H groups in total. The topological polar surface area (TPSA) is 74.6 Å². The highest BCUT2D eigenvalue weighted by molar-refractivity contribution is 5.54. The van der Waals surface area contributed by atoms with Crippen LogP contribution in [0, 0.1) is 13.8 Å². The molecule has 3 aromatic heterocycles. The minimum atomic E-state index is -4.48. The highest BCUT2D eigenvalue weighted by Gasteiger charge is 2.34. The van der Waals surface area contributed by atoms with Crippen molar-refractivity contribution in [1.82, 2.24) is 29.8 Å². The first-order valence-corrected chi connectivity index (χ1v) is 6.68. The maximum absolute atomic E-state index is 12.7. The minimum absolute atomic E-state index is 0.0335. The van der Waals surface area contributed by atoms with Crippen LogP contribution in [0.2, 0.25) is 0 Å². The summed E-state index contributed by atoms with van der Waals surface area (Å²) in [6.45, 7) is 3.30. The molecule has 3 aromatic rings. The Kier molecular flexibility index (Phi) is 3.46. The molecule has 0 bridgehead atoms. The lowest BCUT2D eigenvalue weighted by Gasteiger charge is -2.01. The molecular weight excluding hydrogens is 313 g/mol. The van der Waals surface area contributed by atoms with Crippen molar-refractivity contribution in [3.8, 4) is 11.5 Å². The summed E-state index contributed by atoms with van der Waals surface area (Å²) in [5.41, 5.74) is 0.809. The first-order valence-electron chi connectivity index (χ1n) is 6.68. The molecule has 0 aliphatic rings. The van der Waals surface area contributed by atoms with Gasteiger partial charge in [-0.1, -0.05) is 0 Å². The lowest BCUT2D eigenvalue weighted by molar-refractivity contribution is -0.141. The number of rotatable bonds is 3. The van der Waals surface area contributed by atoms with Gasteiger partial charge in [-0.25, -0.2) is 0 Å². The molecule has 0 fully saturated rings. The van der Waals surface area contributed by atoms with E-state index in [0.717, 1.165) is 11.8 Å². The summed E-state index contributed by atoms with van der Waals surface area (Å²) in [6, 6.07) is 0.975. The van der Waals surface area contributed by atoms with Crippen LogP contribution >= 0.6 is 0 Å². The second-order valence-corrected chi connectivity index (χ2v) is 5.13. The molecule has 0 amide bonds. The third kappa shape index (κ3) is 2.96. The van der Waals surface area contributed by atoms with Gasteiger partial charge < -0.3 is 4.42 Å². The molecule has 0 radical (unpaired) electrons. The van der Waals surface area contributed by atoms with Crippen molar-refractivity contribution in [2.45, 2.75) is 26.6 Å². The second kappa shape index (κ2) is 5.21. The maximum atomic E-state index is 12.7. The Hall–Kier alpha value is -2.65. The highest BCUT2D eigenvalue weighted by Crippen LogP contribution is 2.28. The van der Waals surface area contributed by atoms with Crippen LogP contribution in [0.5, 0.6) is 0 Å². The van der Waals surface area contributed by atoms with Gasteiger partial charge in [-0.2, -0.15) is 23.4 Å². The van der Waals surface area contributed by atoms with Gasteiger partial charge in [0.25, 0.3) is 5.89 Å². The first kappa shape index (κ1) is 15.3. The molecule has 0 unspecified atom stereocenters. The van der Waals surface area contributed by atoms with Crippen molar-refractivity contribution in [3.63, 3.8) is 0 Å². The van der Waals surface area contributed by atoms with Crippen molar-refractivity contribution in [2.24, 2.45) is 7.05 Å². The molecule has 3 rings (SSSR count). The van der Waals surface area contributed by atoms with E-state index in [4.69, 9.17) is 4.42 Å². The lowest BCUT2D eigenvalue weighted by atomic mass is 10.3. The minimum Gasteiger partial charge on any atom is -0.419 e. The number of hydrogen-bond acceptors (Lipinski definition) is 5. The van der Waals surface area contributed by atoms with E-state index in [0.29, 0.717) is 11.3 Å². The van der Waals surface area contributed by atoms with Crippen LogP contribution in [-0.4, -0.2) is 29.8 Å². The van der Waals surface area contributed by atoms with Gasteiger partial charge in [-0.05, 0) is 19.9 Å². The first-order chi connectivity index (χ1) is 10.7. The standard InChI is InChI=1S/C13H13F3N6O/c1-7-4-10(13(14,15)16)20-22(7)6-11-17-18-12(23-11)9-5-21(3)19-8(9)2/h4-5H,6H2,1-3H3. The van der Waals surface area contributed by atoms with Gasteiger partial charge in [0.1, 0.15) is 6.54 Å². The van der Waals surface area contributed by atoms with Gasteiger partial charge in [0, 0.05) is 18.9 Å². The lowest BCUT2D eigenvalue weighted by Crippen LogP contribution is -2.09. The quantitative estimate of drug-likeness (QED) is 0.738. The van der Waals surface area contributed by atoms with E-state index in [-0.39, 0.29) is 18.3 Å². The van der Waals surface area contributed by atoms with Gasteiger partial charge in [-0.3, -0.25) is 9.36 Å². The number of aromatic nitrogens is 6. The Morgan fingerprint density at radius 3 is 2.48 bits per heavy atom. The molecule has 0 atom stereocenters. The molecule has 0 aliphatic carbocycles. The Labute approximate surface area is 128 Å². The normalized spacial score (nSPS) is 12.1. The van der Waals surface area contributed by atoms with E-state index < -0.39 is 11.9 Å². The predicted molar refractivity (Wildman–Crippen MR) is 72.3 cm³/mol. The van der Waals surface area contributed by atoms with Crippen molar-refractivity contribution in [3.05, 3.63) is 35.2 Å². The zero-order valence-corrected chi connectivity index (χ0v) is 12.6. The van der Waals surface area contributed by atoms with Gasteiger partial charge in [0.15, 0.2) is 5.69 Å². The summed E-state index contributed by atoms with van der Waals surface area (Å²) < 4.78 is 46.3. The summed E-state index contributed by atoms with van der Waals surface area (Å²) in [5.74, 6) is 0.439. The molecule has 0 saturated carbocycles. The smallest absolute Gasteiger partial charge is 0.419 e. The summed E-state index contributed by atoms with van der Waals surface area (Å²) in [6.07, 6.45) is -2.75. The van der Waals surface area contributed by atoms with Crippen LogP contribution in [0.1, 0.15) is 23.0 Å². The fourth-order valence-electron chi connectivity index (χ4n) is 2.17. The van der Waals surface area contributed by atoms with Gasteiger partial charge in [0.05, 0.1) is 11.3 Å². The number of hydrogen-bond donors (Lipinski definition) is 0. The molecule has 10 heteroatoms. The summed E-state index contributed by atoms with van der Waals surface area (Å²) in [7, 11) is 1.76. The molecule has 3 heterocycles. The van der Waals surface area contributed by atoms with Crippen LogP contribution in [0.15, 0.2) is 16.7 Å². The zero-order valence-electron chi connectivity index (χ0n) is 12.6. The molecule has 7 nitrogen and oxygen atoms in total. The van der Waals surface area contributed by atoms with Crippen molar-refractivity contribution in [2.75, 3.05) is 0 Å².